The van der Waals surface area contributed by atoms with Crippen LogP contribution >= 0.6 is 0 Å². The zero-order chi connectivity index (χ0) is 13.4. The second kappa shape index (κ2) is 4.87. The first kappa shape index (κ1) is 12.5. The molecule has 2 fully saturated rings. The van der Waals surface area contributed by atoms with Gasteiger partial charge in [0.2, 0.25) is 5.91 Å². The number of hydrogen-bond acceptors (Lipinski definition) is 2. The first-order chi connectivity index (χ1) is 9.11. The van der Waals surface area contributed by atoms with E-state index < -0.39 is 0 Å². The van der Waals surface area contributed by atoms with Gasteiger partial charge in [-0.2, -0.15) is 0 Å². The van der Waals surface area contributed by atoms with Crippen molar-refractivity contribution < 1.29 is 4.79 Å². The summed E-state index contributed by atoms with van der Waals surface area (Å²) in [5, 5.41) is 3.03. The number of amides is 1. The second-order valence-electron chi connectivity index (χ2n) is 6.26. The Labute approximate surface area is 114 Å². The summed E-state index contributed by atoms with van der Waals surface area (Å²) in [5.41, 5.74) is 8.38. The molecule has 0 saturated heterocycles. The Kier molecular flexibility index (Phi) is 3.21. The van der Waals surface area contributed by atoms with Crippen molar-refractivity contribution in [3.8, 4) is 0 Å². The monoisotopic (exact) mass is 258 g/mol. The summed E-state index contributed by atoms with van der Waals surface area (Å²) in [6.07, 6.45) is 6.03. The first-order valence-corrected chi connectivity index (χ1v) is 7.28. The summed E-state index contributed by atoms with van der Waals surface area (Å²) in [7, 11) is 0. The molecule has 2 bridgehead atoms. The van der Waals surface area contributed by atoms with Crippen LogP contribution in [0.1, 0.15) is 37.7 Å². The highest BCUT2D eigenvalue weighted by atomic mass is 16.1. The van der Waals surface area contributed by atoms with Crippen molar-refractivity contribution in [2.24, 2.45) is 17.8 Å². The molecule has 3 atom stereocenters. The number of carbonyl (C=O) groups excluding carboxylic acids is 1. The van der Waals surface area contributed by atoms with Gasteiger partial charge in [0.1, 0.15) is 0 Å². The summed E-state index contributed by atoms with van der Waals surface area (Å²) >= 11 is 0. The average molecular weight is 258 g/mol. The van der Waals surface area contributed by atoms with Gasteiger partial charge in [-0.3, -0.25) is 4.79 Å². The molecule has 0 spiro atoms. The van der Waals surface area contributed by atoms with E-state index in [1.807, 2.05) is 25.1 Å². The van der Waals surface area contributed by atoms with Crippen LogP contribution in [0.4, 0.5) is 11.4 Å². The number of aryl methyl sites for hydroxylation is 1. The number of nitrogens with two attached hydrogens (primary N) is 1. The van der Waals surface area contributed by atoms with Gasteiger partial charge in [0.25, 0.3) is 0 Å². The van der Waals surface area contributed by atoms with E-state index in [0.29, 0.717) is 12.3 Å². The zero-order valence-corrected chi connectivity index (χ0v) is 11.5. The number of nitrogens with one attached hydrogen (secondary N) is 1. The predicted molar refractivity (Wildman–Crippen MR) is 77.8 cm³/mol. The highest BCUT2D eigenvalue weighted by Crippen LogP contribution is 2.49. The van der Waals surface area contributed by atoms with Crippen molar-refractivity contribution in [3.63, 3.8) is 0 Å². The molecule has 3 nitrogen and oxygen atoms in total. The predicted octanol–water partition coefficient (Wildman–Crippen LogP) is 3.34. The van der Waals surface area contributed by atoms with Gasteiger partial charge in [0.05, 0.1) is 0 Å². The summed E-state index contributed by atoms with van der Waals surface area (Å²) in [6, 6.07) is 5.62. The summed E-state index contributed by atoms with van der Waals surface area (Å²) in [5.74, 6) is 2.49. The van der Waals surface area contributed by atoms with Gasteiger partial charge in [-0.1, -0.05) is 6.42 Å². The fraction of sp³-hybridized carbons (Fsp3) is 0.562. The minimum atomic E-state index is 0.158. The number of hydrogen-bond donors (Lipinski definition) is 2. The average Bonchev–Trinajstić information content (AvgIpc) is 2.95. The van der Waals surface area contributed by atoms with Gasteiger partial charge in [0, 0.05) is 17.8 Å². The molecule has 1 aromatic rings. The molecule has 0 aromatic heterocycles. The van der Waals surface area contributed by atoms with Crippen LogP contribution in [0.15, 0.2) is 18.2 Å². The molecular weight excluding hydrogens is 236 g/mol. The third kappa shape index (κ3) is 2.60. The molecule has 3 N–H and O–H groups in total. The van der Waals surface area contributed by atoms with Crippen molar-refractivity contribution in [3.05, 3.63) is 23.8 Å². The maximum Gasteiger partial charge on any atom is 0.224 e. The van der Waals surface area contributed by atoms with Crippen LogP contribution in [0.3, 0.4) is 0 Å². The molecule has 3 heteroatoms. The third-order valence-corrected chi connectivity index (χ3v) is 4.86. The van der Waals surface area contributed by atoms with E-state index in [0.717, 1.165) is 28.8 Å². The Bertz CT molecular complexity index is 498. The van der Waals surface area contributed by atoms with Crippen molar-refractivity contribution in [2.75, 3.05) is 11.1 Å². The topological polar surface area (TPSA) is 55.1 Å². The largest absolute Gasteiger partial charge is 0.399 e. The van der Waals surface area contributed by atoms with Crippen LogP contribution in [0, 0.1) is 24.7 Å². The van der Waals surface area contributed by atoms with E-state index >= 15 is 0 Å². The SMILES string of the molecule is Cc1cc(N)ccc1NC(=O)CC1CC2CCC1C2. The van der Waals surface area contributed by atoms with Crippen LogP contribution in [-0.4, -0.2) is 5.91 Å². The Morgan fingerprint density at radius 1 is 1.37 bits per heavy atom. The third-order valence-electron chi connectivity index (χ3n) is 4.86. The molecule has 2 aliphatic rings. The normalized spacial score (nSPS) is 28.6. The molecule has 102 valence electrons. The molecule has 1 amide bonds. The number of rotatable bonds is 3. The van der Waals surface area contributed by atoms with E-state index in [-0.39, 0.29) is 5.91 Å². The number of anilines is 2. The van der Waals surface area contributed by atoms with E-state index in [2.05, 4.69) is 5.32 Å². The van der Waals surface area contributed by atoms with Crippen LogP contribution in [0.2, 0.25) is 0 Å². The summed E-state index contributed by atoms with van der Waals surface area (Å²) in [6.45, 7) is 1.98. The lowest BCUT2D eigenvalue weighted by molar-refractivity contribution is -0.117. The lowest BCUT2D eigenvalue weighted by Gasteiger charge is -2.21. The fourth-order valence-electron chi connectivity index (χ4n) is 3.89. The van der Waals surface area contributed by atoms with Crippen LogP contribution in [-0.2, 0) is 4.79 Å². The lowest BCUT2D eigenvalue weighted by Crippen LogP contribution is -2.20. The fourth-order valence-corrected chi connectivity index (χ4v) is 3.89. The Morgan fingerprint density at radius 2 is 2.21 bits per heavy atom. The van der Waals surface area contributed by atoms with Crippen LogP contribution < -0.4 is 11.1 Å². The Hall–Kier alpha value is -1.51. The molecule has 0 heterocycles. The molecule has 0 aliphatic heterocycles. The summed E-state index contributed by atoms with van der Waals surface area (Å²) < 4.78 is 0. The minimum Gasteiger partial charge on any atom is -0.399 e. The molecule has 3 rings (SSSR count). The van der Waals surface area contributed by atoms with Gasteiger partial charge < -0.3 is 11.1 Å². The van der Waals surface area contributed by atoms with Gasteiger partial charge in [-0.15, -0.1) is 0 Å². The van der Waals surface area contributed by atoms with Crippen molar-refractivity contribution in [1.29, 1.82) is 0 Å². The van der Waals surface area contributed by atoms with E-state index in [1.54, 1.807) is 0 Å². The highest BCUT2D eigenvalue weighted by molar-refractivity contribution is 5.91. The molecule has 2 saturated carbocycles. The number of benzene rings is 1. The van der Waals surface area contributed by atoms with E-state index in [9.17, 15) is 4.79 Å². The number of nitrogen functional groups attached to an aromatic ring is 1. The Balaban J connectivity index is 1.59. The quantitative estimate of drug-likeness (QED) is 0.817. The highest BCUT2D eigenvalue weighted by Gasteiger charge is 2.40. The van der Waals surface area contributed by atoms with Gasteiger partial charge >= 0.3 is 0 Å². The number of fused-ring (bicyclic) bond motifs is 2. The minimum absolute atomic E-state index is 0.158. The van der Waals surface area contributed by atoms with E-state index in [4.69, 9.17) is 5.73 Å². The number of carbonyl (C=O) groups is 1. The van der Waals surface area contributed by atoms with E-state index in [1.165, 1.54) is 25.7 Å². The summed E-state index contributed by atoms with van der Waals surface area (Å²) in [4.78, 5) is 12.1. The zero-order valence-electron chi connectivity index (χ0n) is 11.5. The maximum atomic E-state index is 12.1. The molecule has 3 unspecified atom stereocenters. The molecule has 1 aromatic carbocycles. The van der Waals surface area contributed by atoms with Crippen molar-refractivity contribution >= 4 is 17.3 Å². The molecule has 19 heavy (non-hydrogen) atoms. The smallest absolute Gasteiger partial charge is 0.224 e. The Morgan fingerprint density at radius 3 is 2.84 bits per heavy atom. The lowest BCUT2D eigenvalue weighted by atomic mass is 9.86. The van der Waals surface area contributed by atoms with Crippen molar-refractivity contribution in [1.82, 2.24) is 0 Å². The maximum absolute atomic E-state index is 12.1. The standard InChI is InChI=1S/C16H22N2O/c1-10-6-14(17)4-5-15(10)18-16(19)9-13-8-11-2-3-12(13)7-11/h4-6,11-13H,2-3,7-9,17H2,1H3,(H,18,19). The van der Waals surface area contributed by atoms with Gasteiger partial charge in [-0.05, 0) is 67.7 Å². The molecule has 0 radical (unpaired) electrons. The molecular formula is C16H22N2O. The van der Waals surface area contributed by atoms with Crippen LogP contribution in [0.25, 0.3) is 0 Å². The van der Waals surface area contributed by atoms with Crippen LogP contribution in [0.5, 0.6) is 0 Å². The van der Waals surface area contributed by atoms with Crippen molar-refractivity contribution in [2.45, 2.75) is 39.0 Å². The van der Waals surface area contributed by atoms with Gasteiger partial charge in [0.15, 0.2) is 0 Å². The van der Waals surface area contributed by atoms with Gasteiger partial charge in [-0.25, -0.2) is 0 Å². The first-order valence-electron chi connectivity index (χ1n) is 7.28. The molecule has 2 aliphatic carbocycles. The second-order valence-corrected chi connectivity index (χ2v) is 6.26.